The van der Waals surface area contributed by atoms with Crippen molar-refractivity contribution in [1.29, 1.82) is 0 Å². The van der Waals surface area contributed by atoms with Crippen molar-refractivity contribution < 1.29 is 19.1 Å². The van der Waals surface area contributed by atoms with E-state index in [1.807, 2.05) is 45.0 Å². The summed E-state index contributed by atoms with van der Waals surface area (Å²) in [6.45, 7) is 5.56. The molecule has 0 saturated carbocycles. The van der Waals surface area contributed by atoms with Crippen LogP contribution in [0.15, 0.2) is 72.8 Å². The second-order valence-corrected chi connectivity index (χ2v) is 7.48. The number of carbonyl (C=O) groups excluding carboxylic acids is 3. The van der Waals surface area contributed by atoms with Crippen molar-refractivity contribution in [3.8, 4) is 0 Å². The first-order chi connectivity index (χ1) is 14.8. The topological polar surface area (TPSA) is 72.5 Å². The second-order valence-electron chi connectivity index (χ2n) is 7.48. The number of rotatable bonds is 7. The van der Waals surface area contributed by atoms with Crippen LogP contribution in [0.25, 0.3) is 0 Å². The number of ether oxygens (including phenoxy) is 1. The Hall–Kier alpha value is -3.73. The zero-order valence-electron chi connectivity index (χ0n) is 17.8. The third-order valence-electron chi connectivity index (χ3n) is 5.16. The van der Waals surface area contributed by atoms with Crippen LogP contribution in [-0.4, -0.2) is 24.3 Å². The smallest absolute Gasteiger partial charge is 0.338 e. The molecule has 0 saturated heterocycles. The van der Waals surface area contributed by atoms with E-state index in [0.29, 0.717) is 11.1 Å². The highest BCUT2D eigenvalue weighted by Crippen LogP contribution is 2.17. The molecule has 5 heteroatoms. The largest absolute Gasteiger partial charge is 0.452 e. The van der Waals surface area contributed by atoms with E-state index in [1.54, 1.807) is 36.4 Å². The maximum absolute atomic E-state index is 12.4. The van der Waals surface area contributed by atoms with Crippen molar-refractivity contribution in [2.45, 2.75) is 26.8 Å². The molecule has 3 aromatic carbocycles. The van der Waals surface area contributed by atoms with Gasteiger partial charge in [-0.3, -0.25) is 9.59 Å². The van der Waals surface area contributed by atoms with Gasteiger partial charge in [-0.25, -0.2) is 4.79 Å². The summed E-state index contributed by atoms with van der Waals surface area (Å²) in [6.07, 6.45) is 0. The molecule has 3 aromatic rings. The van der Waals surface area contributed by atoms with E-state index in [2.05, 4.69) is 5.32 Å². The quantitative estimate of drug-likeness (QED) is 0.453. The van der Waals surface area contributed by atoms with E-state index in [9.17, 15) is 14.4 Å². The first-order valence-corrected chi connectivity index (χ1v) is 10.1. The number of hydrogen-bond acceptors (Lipinski definition) is 4. The Morgan fingerprint density at radius 3 is 2.06 bits per heavy atom. The number of nitrogens with one attached hydrogen (secondary N) is 1. The first-order valence-electron chi connectivity index (χ1n) is 10.1. The molecule has 0 heterocycles. The van der Waals surface area contributed by atoms with Gasteiger partial charge in [0.25, 0.3) is 5.91 Å². The predicted octanol–water partition coefficient (Wildman–Crippen LogP) is 4.57. The zero-order chi connectivity index (χ0) is 22.4. The SMILES string of the molecule is Cc1ccc([C@@H](C)NC(=O)COC(=O)c2ccc(C(=O)c3ccccc3)cc2)cc1C. The molecule has 0 bridgehead atoms. The standard InChI is InChI=1S/C26H25NO4/c1-17-9-10-23(15-18(17)2)19(3)27-24(28)16-31-26(30)22-13-11-21(12-14-22)25(29)20-7-5-4-6-8-20/h4-15,19H,16H2,1-3H3,(H,27,28)/t19-/m1/s1. The van der Waals surface area contributed by atoms with Gasteiger partial charge in [-0.05, 0) is 49.6 Å². The molecule has 1 amide bonds. The molecule has 0 spiro atoms. The van der Waals surface area contributed by atoms with Gasteiger partial charge >= 0.3 is 5.97 Å². The molecule has 1 N–H and O–H groups in total. The Labute approximate surface area is 182 Å². The fourth-order valence-corrected chi connectivity index (χ4v) is 3.13. The van der Waals surface area contributed by atoms with Crippen molar-refractivity contribution in [3.05, 3.63) is 106 Å². The van der Waals surface area contributed by atoms with E-state index in [1.165, 1.54) is 17.7 Å². The van der Waals surface area contributed by atoms with E-state index in [0.717, 1.165) is 11.1 Å². The number of esters is 1. The van der Waals surface area contributed by atoms with Crippen LogP contribution in [0, 0.1) is 13.8 Å². The first kappa shape index (κ1) is 22.0. The number of benzene rings is 3. The Morgan fingerprint density at radius 1 is 0.806 bits per heavy atom. The monoisotopic (exact) mass is 415 g/mol. The van der Waals surface area contributed by atoms with E-state index in [-0.39, 0.29) is 29.9 Å². The number of ketones is 1. The Morgan fingerprint density at radius 2 is 1.42 bits per heavy atom. The van der Waals surface area contributed by atoms with E-state index in [4.69, 9.17) is 4.74 Å². The van der Waals surface area contributed by atoms with Crippen LogP contribution in [0.5, 0.6) is 0 Å². The molecule has 0 aromatic heterocycles. The summed E-state index contributed by atoms with van der Waals surface area (Å²) in [5.74, 6) is -1.12. The molecule has 0 aliphatic heterocycles. The lowest BCUT2D eigenvalue weighted by Gasteiger charge is -2.15. The fourth-order valence-electron chi connectivity index (χ4n) is 3.13. The summed E-state index contributed by atoms with van der Waals surface area (Å²) in [5.41, 5.74) is 4.66. The molecule has 0 aliphatic carbocycles. The lowest BCUT2D eigenvalue weighted by atomic mass is 10.0. The Balaban J connectivity index is 1.53. The summed E-state index contributed by atoms with van der Waals surface area (Å²) in [7, 11) is 0. The van der Waals surface area contributed by atoms with Gasteiger partial charge < -0.3 is 10.1 Å². The maximum Gasteiger partial charge on any atom is 0.338 e. The number of aryl methyl sites for hydroxylation is 2. The molecule has 0 unspecified atom stereocenters. The van der Waals surface area contributed by atoms with Gasteiger partial charge in [0.15, 0.2) is 12.4 Å². The van der Waals surface area contributed by atoms with Crippen LogP contribution in [0.3, 0.4) is 0 Å². The van der Waals surface area contributed by atoms with Crippen LogP contribution >= 0.6 is 0 Å². The van der Waals surface area contributed by atoms with Crippen LogP contribution in [-0.2, 0) is 9.53 Å². The zero-order valence-corrected chi connectivity index (χ0v) is 17.8. The number of amides is 1. The van der Waals surface area contributed by atoms with Crippen LogP contribution < -0.4 is 5.32 Å². The van der Waals surface area contributed by atoms with Crippen molar-refractivity contribution in [3.63, 3.8) is 0 Å². The minimum Gasteiger partial charge on any atom is -0.452 e. The third kappa shape index (κ3) is 5.66. The molecule has 0 aliphatic rings. The molecule has 31 heavy (non-hydrogen) atoms. The average molecular weight is 415 g/mol. The highest BCUT2D eigenvalue weighted by Gasteiger charge is 2.15. The molecule has 5 nitrogen and oxygen atoms in total. The summed E-state index contributed by atoms with van der Waals surface area (Å²) in [6, 6.07) is 20.9. The van der Waals surface area contributed by atoms with Crippen LogP contribution in [0.2, 0.25) is 0 Å². The minimum atomic E-state index is -0.618. The summed E-state index contributed by atoms with van der Waals surface area (Å²) >= 11 is 0. The van der Waals surface area contributed by atoms with Gasteiger partial charge in [0.05, 0.1) is 11.6 Å². The van der Waals surface area contributed by atoms with Gasteiger partial charge in [0, 0.05) is 11.1 Å². The highest BCUT2D eigenvalue weighted by molar-refractivity contribution is 6.09. The highest BCUT2D eigenvalue weighted by atomic mass is 16.5. The average Bonchev–Trinajstić information content (AvgIpc) is 2.79. The van der Waals surface area contributed by atoms with Gasteiger partial charge in [-0.1, -0.05) is 60.7 Å². The van der Waals surface area contributed by atoms with Crippen LogP contribution in [0.4, 0.5) is 0 Å². The molecular formula is C26H25NO4. The molecule has 0 radical (unpaired) electrons. The molecule has 3 rings (SSSR count). The van der Waals surface area contributed by atoms with Crippen molar-refractivity contribution in [2.75, 3.05) is 6.61 Å². The number of carbonyl (C=O) groups is 3. The lowest BCUT2D eigenvalue weighted by molar-refractivity contribution is -0.124. The fraction of sp³-hybridized carbons (Fsp3) is 0.192. The van der Waals surface area contributed by atoms with E-state index >= 15 is 0 Å². The molecule has 1 atom stereocenters. The van der Waals surface area contributed by atoms with Crippen molar-refractivity contribution >= 4 is 17.7 Å². The maximum atomic E-state index is 12.4. The summed E-state index contributed by atoms with van der Waals surface area (Å²) in [5, 5.41) is 2.83. The molecular weight excluding hydrogens is 390 g/mol. The Kier molecular flexibility index (Phi) is 6.98. The summed E-state index contributed by atoms with van der Waals surface area (Å²) in [4.78, 5) is 36.9. The third-order valence-corrected chi connectivity index (χ3v) is 5.16. The summed E-state index contributed by atoms with van der Waals surface area (Å²) < 4.78 is 5.12. The van der Waals surface area contributed by atoms with Crippen LogP contribution in [0.1, 0.15) is 55.9 Å². The van der Waals surface area contributed by atoms with Crippen molar-refractivity contribution in [1.82, 2.24) is 5.32 Å². The number of hydrogen-bond donors (Lipinski definition) is 1. The normalized spacial score (nSPS) is 11.5. The van der Waals surface area contributed by atoms with Gasteiger partial charge in [0.1, 0.15) is 0 Å². The van der Waals surface area contributed by atoms with Crippen molar-refractivity contribution in [2.24, 2.45) is 0 Å². The Bertz CT molecular complexity index is 1090. The van der Waals surface area contributed by atoms with Gasteiger partial charge in [-0.2, -0.15) is 0 Å². The molecule has 0 fully saturated rings. The van der Waals surface area contributed by atoms with Gasteiger partial charge in [0.2, 0.25) is 0 Å². The van der Waals surface area contributed by atoms with Gasteiger partial charge in [-0.15, -0.1) is 0 Å². The second kappa shape index (κ2) is 9.85. The van der Waals surface area contributed by atoms with E-state index < -0.39 is 5.97 Å². The predicted molar refractivity (Wildman–Crippen MR) is 119 cm³/mol. The minimum absolute atomic E-state index is 0.125. The lowest BCUT2D eigenvalue weighted by Crippen LogP contribution is -2.31. The molecule has 158 valence electrons.